The van der Waals surface area contributed by atoms with E-state index in [2.05, 4.69) is 53.2 Å². The molecule has 0 aliphatic heterocycles. The van der Waals surface area contributed by atoms with E-state index in [1.165, 1.54) is 27.9 Å². The van der Waals surface area contributed by atoms with E-state index in [9.17, 15) is 0 Å². The third kappa shape index (κ3) is 2.72. The number of halogens is 1. The maximum atomic E-state index is 15.5. The summed E-state index contributed by atoms with van der Waals surface area (Å²) < 4.78 is 15.5. The Labute approximate surface area is 181 Å². The lowest BCUT2D eigenvalue weighted by molar-refractivity contribution is 0.295. The number of hydrogen-bond donors (Lipinski definition) is 0. The van der Waals surface area contributed by atoms with Gasteiger partial charge in [-0.2, -0.15) is 0 Å². The van der Waals surface area contributed by atoms with Crippen LogP contribution in [0.15, 0.2) is 53.3 Å². The fourth-order valence-corrected chi connectivity index (χ4v) is 6.51. The Balaban J connectivity index is 1.97. The highest BCUT2D eigenvalue weighted by atomic mass is 19.1. The first-order valence-electron chi connectivity index (χ1n) is 11.2. The van der Waals surface area contributed by atoms with Gasteiger partial charge in [-0.15, -0.1) is 5.73 Å². The Bertz CT molecular complexity index is 1100. The monoisotopic (exact) mass is 400 g/mol. The van der Waals surface area contributed by atoms with Crippen LogP contribution >= 0.6 is 0 Å². The predicted molar refractivity (Wildman–Crippen MR) is 127 cm³/mol. The van der Waals surface area contributed by atoms with Gasteiger partial charge >= 0.3 is 0 Å². The summed E-state index contributed by atoms with van der Waals surface area (Å²) in [6, 6.07) is 0. The number of allylic oxidation sites excluding steroid dienone is 6. The SMILES string of the molecule is C=C=C1C(C)=C(C)CC2CC3Cc4c(F)c(C=C)c(C)c(C)c4C(=C)C3=C(CC)C12. The smallest absolute Gasteiger partial charge is 0.134 e. The largest absolute Gasteiger partial charge is 0.206 e. The van der Waals surface area contributed by atoms with Crippen molar-refractivity contribution in [3.8, 4) is 0 Å². The van der Waals surface area contributed by atoms with E-state index in [-0.39, 0.29) is 5.82 Å². The van der Waals surface area contributed by atoms with E-state index >= 15 is 4.39 Å². The minimum absolute atomic E-state index is 0.0919. The molecule has 3 aliphatic carbocycles. The van der Waals surface area contributed by atoms with Crippen LogP contribution in [-0.4, -0.2) is 0 Å². The van der Waals surface area contributed by atoms with Crippen molar-refractivity contribution in [1.82, 2.24) is 0 Å². The van der Waals surface area contributed by atoms with Gasteiger partial charge in [-0.3, -0.25) is 0 Å². The molecule has 0 heterocycles. The molecule has 4 rings (SSSR count). The molecular weight excluding hydrogens is 367 g/mol. The first-order valence-corrected chi connectivity index (χ1v) is 11.2. The Hall–Kier alpha value is -2.37. The molecule has 1 aromatic carbocycles. The molecule has 0 spiro atoms. The van der Waals surface area contributed by atoms with Gasteiger partial charge in [0.15, 0.2) is 0 Å². The van der Waals surface area contributed by atoms with Gasteiger partial charge in [0.25, 0.3) is 0 Å². The lowest BCUT2D eigenvalue weighted by atomic mass is 9.57. The molecule has 0 N–H and O–H groups in total. The van der Waals surface area contributed by atoms with Crippen molar-refractivity contribution >= 4 is 11.6 Å². The van der Waals surface area contributed by atoms with Gasteiger partial charge in [-0.05, 0) is 104 Å². The second kappa shape index (κ2) is 7.40. The maximum absolute atomic E-state index is 15.5. The molecule has 0 radical (unpaired) electrons. The Morgan fingerprint density at radius 1 is 1.13 bits per heavy atom. The standard InChI is InChI=1S/C29H33F/c1-9-22-16(5)15(4)12-20-13-21-14-25-26(18(7)17(6)23(10-2)29(25)30)19(8)27(21)24(11-3)28(20)22/h10,20-21,28H,1-2,8,11-14H2,3-7H3. The molecule has 0 amide bonds. The zero-order valence-electron chi connectivity index (χ0n) is 19.1. The van der Waals surface area contributed by atoms with E-state index in [1.807, 2.05) is 6.92 Å². The van der Waals surface area contributed by atoms with E-state index in [4.69, 9.17) is 0 Å². The molecule has 3 atom stereocenters. The first-order chi connectivity index (χ1) is 14.3. The fraction of sp³-hybridized carbons (Fsp3) is 0.414. The molecule has 156 valence electrons. The highest BCUT2D eigenvalue weighted by Crippen LogP contribution is 2.56. The van der Waals surface area contributed by atoms with Crippen LogP contribution in [0, 0.1) is 37.4 Å². The molecule has 0 aromatic heterocycles. The summed E-state index contributed by atoms with van der Waals surface area (Å²) in [7, 11) is 0. The Kier molecular flexibility index (Phi) is 5.15. The molecular formula is C29H33F. The van der Waals surface area contributed by atoms with Gasteiger partial charge in [-0.25, -0.2) is 4.39 Å². The lowest BCUT2D eigenvalue weighted by Crippen LogP contribution is -2.35. The van der Waals surface area contributed by atoms with Gasteiger partial charge in [0.2, 0.25) is 0 Å². The number of benzene rings is 1. The summed E-state index contributed by atoms with van der Waals surface area (Å²) in [5, 5.41) is 0. The van der Waals surface area contributed by atoms with Gasteiger partial charge in [0.05, 0.1) is 0 Å². The summed E-state index contributed by atoms with van der Waals surface area (Å²) in [4.78, 5) is 0. The van der Waals surface area contributed by atoms with E-state index in [0.29, 0.717) is 23.3 Å². The van der Waals surface area contributed by atoms with E-state index < -0.39 is 0 Å². The summed E-state index contributed by atoms with van der Waals surface area (Å²) in [6.07, 6.45) is 5.61. The number of rotatable bonds is 2. The molecule has 1 heteroatoms. The van der Waals surface area contributed by atoms with Crippen LogP contribution in [-0.2, 0) is 6.42 Å². The molecule has 0 fully saturated rings. The summed E-state index contributed by atoms with van der Waals surface area (Å²) in [5.74, 6) is 1.17. The van der Waals surface area contributed by atoms with Crippen molar-refractivity contribution < 1.29 is 4.39 Å². The molecule has 0 saturated carbocycles. The van der Waals surface area contributed by atoms with E-state index in [1.54, 1.807) is 6.08 Å². The quantitative estimate of drug-likeness (QED) is 0.440. The van der Waals surface area contributed by atoms with Crippen molar-refractivity contribution in [2.75, 3.05) is 0 Å². The second-order valence-electron chi connectivity index (χ2n) is 9.38. The van der Waals surface area contributed by atoms with Crippen LogP contribution in [0.1, 0.15) is 67.9 Å². The third-order valence-electron chi connectivity index (χ3n) is 8.11. The topological polar surface area (TPSA) is 0 Å². The fourth-order valence-electron chi connectivity index (χ4n) is 6.51. The van der Waals surface area contributed by atoms with Crippen molar-refractivity contribution in [2.24, 2.45) is 17.8 Å². The zero-order valence-corrected chi connectivity index (χ0v) is 19.1. The predicted octanol–water partition coefficient (Wildman–Crippen LogP) is 8.07. The van der Waals surface area contributed by atoms with Gasteiger partial charge in [0, 0.05) is 17.1 Å². The van der Waals surface area contributed by atoms with Gasteiger partial charge in [-0.1, -0.05) is 43.9 Å². The average Bonchev–Trinajstić information content (AvgIpc) is 2.72. The van der Waals surface area contributed by atoms with Crippen LogP contribution < -0.4 is 0 Å². The van der Waals surface area contributed by atoms with Gasteiger partial charge < -0.3 is 0 Å². The van der Waals surface area contributed by atoms with Crippen molar-refractivity contribution in [3.05, 3.63) is 87.0 Å². The average molecular weight is 401 g/mol. The first kappa shape index (κ1) is 20.9. The number of hydrogen-bond acceptors (Lipinski definition) is 0. The summed E-state index contributed by atoms with van der Waals surface area (Å²) in [5.41, 5.74) is 15.9. The van der Waals surface area contributed by atoms with Crippen LogP contribution in [0.5, 0.6) is 0 Å². The van der Waals surface area contributed by atoms with Gasteiger partial charge in [0.1, 0.15) is 5.82 Å². The Morgan fingerprint density at radius 2 is 1.83 bits per heavy atom. The maximum Gasteiger partial charge on any atom is 0.134 e. The molecule has 0 bridgehead atoms. The zero-order chi connectivity index (χ0) is 21.9. The third-order valence-corrected chi connectivity index (χ3v) is 8.11. The van der Waals surface area contributed by atoms with Crippen LogP contribution in [0.2, 0.25) is 0 Å². The summed E-state index contributed by atoms with van der Waals surface area (Å²) >= 11 is 0. The Morgan fingerprint density at radius 3 is 2.43 bits per heavy atom. The molecule has 3 aliphatic rings. The normalized spacial score (nSPS) is 25.6. The van der Waals surface area contributed by atoms with E-state index in [0.717, 1.165) is 53.5 Å². The van der Waals surface area contributed by atoms with Crippen molar-refractivity contribution in [2.45, 2.75) is 60.3 Å². The molecule has 0 nitrogen and oxygen atoms in total. The van der Waals surface area contributed by atoms with Crippen LogP contribution in [0.4, 0.5) is 4.39 Å². The highest BCUT2D eigenvalue weighted by molar-refractivity contribution is 5.86. The summed E-state index contributed by atoms with van der Waals surface area (Å²) in [6.45, 7) is 23.3. The minimum Gasteiger partial charge on any atom is -0.206 e. The molecule has 3 unspecified atom stereocenters. The van der Waals surface area contributed by atoms with Crippen molar-refractivity contribution in [3.63, 3.8) is 0 Å². The second-order valence-corrected chi connectivity index (χ2v) is 9.38. The number of fused-ring (bicyclic) bond motifs is 3. The van der Waals surface area contributed by atoms with Crippen LogP contribution in [0.3, 0.4) is 0 Å². The lowest BCUT2D eigenvalue weighted by Gasteiger charge is -2.46. The highest BCUT2D eigenvalue weighted by Gasteiger charge is 2.44. The van der Waals surface area contributed by atoms with Crippen molar-refractivity contribution in [1.29, 1.82) is 0 Å². The minimum atomic E-state index is -0.0919. The molecule has 0 saturated heterocycles. The molecule has 30 heavy (non-hydrogen) atoms. The van der Waals surface area contributed by atoms with Crippen LogP contribution in [0.25, 0.3) is 11.6 Å². The molecule has 1 aromatic rings.